The minimum absolute atomic E-state index is 0.315. The van der Waals surface area contributed by atoms with E-state index < -0.39 is 5.97 Å². The zero-order chi connectivity index (χ0) is 28.6. The summed E-state index contributed by atoms with van der Waals surface area (Å²) in [6.45, 7) is 8.49. The van der Waals surface area contributed by atoms with Gasteiger partial charge in [-0.2, -0.15) is 0 Å². The number of aromatic nitrogens is 1. The van der Waals surface area contributed by atoms with Crippen LogP contribution in [-0.2, 0) is 16.0 Å². The molecule has 0 atom stereocenters. The molecular weight excluding hydrogens is 502 g/mol. The molecule has 0 unspecified atom stereocenters. The van der Waals surface area contributed by atoms with Gasteiger partial charge in [0, 0.05) is 17.3 Å². The molecule has 0 bridgehead atoms. The topological polar surface area (TPSA) is 74.7 Å². The molecule has 0 N–H and O–H groups in total. The predicted octanol–water partition coefficient (Wildman–Crippen LogP) is 8.15. The summed E-state index contributed by atoms with van der Waals surface area (Å²) in [4.78, 5) is 28.5. The minimum Gasteiger partial charge on any atom is -0.494 e. The van der Waals surface area contributed by atoms with Crippen molar-refractivity contribution in [1.82, 2.24) is 4.98 Å². The zero-order valence-corrected chi connectivity index (χ0v) is 23.8. The Kier molecular flexibility index (Phi) is 12.9. The van der Waals surface area contributed by atoms with E-state index >= 15 is 0 Å². The second-order valence-corrected chi connectivity index (χ2v) is 9.98. The molecule has 3 aromatic rings. The second kappa shape index (κ2) is 16.9. The van der Waals surface area contributed by atoms with Gasteiger partial charge in [0.05, 0.1) is 24.5 Å². The number of hydrogen-bond acceptors (Lipinski definition) is 6. The van der Waals surface area contributed by atoms with Gasteiger partial charge in [-0.25, -0.2) is 9.59 Å². The SMILES string of the molecule is C=C(C)C(=O)OCCCCCCCCOc1ccc(C(=O)Oc2ccc(-c3ccc(CCCC)cn3)cc2)cc1. The molecule has 2 aromatic carbocycles. The van der Waals surface area contributed by atoms with Crippen LogP contribution in [-0.4, -0.2) is 30.1 Å². The van der Waals surface area contributed by atoms with Crippen LogP contribution >= 0.6 is 0 Å². The molecule has 1 aromatic heterocycles. The number of rotatable bonds is 17. The number of ether oxygens (including phenoxy) is 3. The number of benzene rings is 2. The fourth-order valence-corrected chi connectivity index (χ4v) is 4.06. The number of hydrogen-bond donors (Lipinski definition) is 0. The Morgan fingerprint density at radius 1 is 0.775 bits per heavy atom. The van der Waals surface area contributed by atoms with E-state index in [0.29, 0.717) is 30.1 Å². The van der Waals surface area contributed by atoms with E-state index in [9.17, 15) is 9.59 Å². The molecule has 212 valence electrons. The maximum absolute atomic E-state index is 12.6. The highest BCUT2D eigenvalue weighted by Gasteiger charge is 2.10. The van der Waals surface area contributed by atoms with Crippen LogP contribution in [0.4, 0.5) is 0 Å². The average Bonchev–Trinajstić information content (AvgIpc) is 2.97. The standard InChI is InChI=1S/C34H41NO5/c1-4-5-12-27-13-22-32(35-25-27)28-14-20-31(21-15-28)40-34(37)29-16-18-30(19-17-29)38-23-10-8-6-7-9-11-24-39-33(36)26(2)3/h13-22,25H,2,4-12,23-24H2,1,3H3. The Morgan fingerprint density at radius 2 is 1.43 bits per heavy atom. The summed E-state index contributed by atoms with van der Waals surface area (Å²) in [7, 11) is 0. The van der Waals surface area contributed by atoms with E-state index in [2.05, 4.69) is 24.6 Å². The van der Waals surface area contributed by atoms with Gasteiger partial charge in [-0.1, -0.05) is 51.7 Å². The molecule has 6 nitrogen and oxygen atoms in total. The summed E-state index contributed by atoms with van der Waals surface area (Å²) in [5, 5.41) is 0. The molecule has 0 amide bonds. The maximum atomic E-state index is 12.6. The van der Waals surface area contributed by atoms with Crippen molar-refractivity contribution in [1.29, 1.82) is 0 Å². The Bertz CT molecular complexity index is 1200. The van der Waals surface area contributed by atoms with Crippen LogP contribution < -0.4 is 9.47 Å². The van der Waals surface area contributed by atoms with Crippen LogP contribution in [0.25, 0.3) is 11.3 Å². The van der Waals surface area contributed by atoms with E-state index in [1.165, 1.54) is 12.0 Å². The van der Waals surface area contributed by atoms with Crippen LogP contribution in [0.3, 0.4) is 0 Å². The van der Waals surface area contributed by atoms with Crippen LogP contribution in [0, 0.1) is 0 Å². The number of pyridine rings is 1. The Morgan fingerprint density at radius 3 is 2.05 bits per heavy atom. The third kappa shape index (κ3) is 10.7. The van der Waals surface area contributed by atoms with Crippen molar-refractivity contribution >= 4 is 11.9 Å². The molecule has 6 heteroatoms. The van der Waals surface area contributed by atoms with E-state index in [-0.39, 0.29) is 5.97 Å². The lowest BCUT2D eigenvalue weighted by Gasteiger charge is -2.08. The minimum atomic E-state index is -0.410. The third-order valence-corrected chi connectivity index (χ3v) is 6.48. The van der Waals surface area contributed by atoms with Gasteiger partial charge in [0.25, 0.3) is 0 Å². The first-order chi connectivity index (χ1) is 19.5. The average molecular weight is 544 g/mol. The number of aryl methyl sites for hydroxylation is 1. The van der Waals surface area contributed by atoms with Crippen molar-refractivity contribution in [2.75, 3.05) is 13.2 Å². The smallest absolute Gasteiger partial charge is 0.343 e. The lowest BCUT2D eigenvalue weighted by atomic mass is 10.1. The second-order valence-electron chi connectivity index (χ2n) is 9.98. The number of nitrogens with zero attached hydrogens (tertiary/aromatic N) is 1. The van der Waals surface area contributed by atoms with Gasteiger partial charge >= 0.3 is 11.9 Å². The molecule has 0 fully saturated rings. The summed E-state index contributed by atoms with van der Waals surface area (Å²) in [6.07, 6.45) is 11.5. The van der Waals surface area contributed by atoms with Gasteiger partial charge in [-0.05, 0) is 92.8 Å². The molecule has 0 saturated carbocycles. The highest BCUT2D eigenvalue weighted by Crippen LogP contribution is 2.22. The monoisotopic (exact) mass is 543 g/mol. The van der Waals surface area contributed by atoms with Gasteiger partial charge in [0.1, 0.15) is 11.5 Å². The van der Waals surface area contributed by atoms with E-state index in [4.69, 9.17) is 14.2 Å². The molecule has 0 aliphatic carbocycles. The van der Waals surface area contributed by atoms with Crippen molar-refractivity contribution < 1.29 is 23.8 Å². The Balaban J connectivity index is 1.32. The Hall–Kier alpha value is -3.93. The molecule has 40 heavy (non-hydrogen) atoms. The molecule has 3 rings (SSSR count). The van der Waals surface area contributed by atoms with Gasteiger partial charge in [-0.3, -0.25) is 4.98 Å². The largest absolute Gasteiger partial charge is 0.494 e. The van der Waals surface area contributed by atoms with Crippen LogP contribution in [0.1, 0.15) is 81.1 Å². The quantitative estimate of drug-likeness (QED) is 0.0740. The zero-order valence-electron chi connectivity index (χ0n) is 23.8. The number of unbranched alkanes of at least 4 members (excludes halogenated alkanes) is 6. The van der Waals surface area contributed by atoms with Gasteiger partial charge in [-0.15, -0.1) is 0 Å². The lowest BCUT2D eigenvalue weighted by Crippen LogP contribution is -2.08. The molecule has 0 aliphatic heterocycles. The lowest BCUT2D eigenvalue weighted by molar-refractivity contribution is -0.139. The summed E-state index contributed by atoms with van der Waals surface area (Å²) >= 11 is 0. The molecule has 0 saturated heterocycles. The summed E-state index contributed by atoms with van der Waals surface area (Å²) in [5.74, 6) is 0.492. The molecule has 0 radical (unpaired) electrons. The van der Waals surface area contributed by atoms with Crippen molar-refractivity contribution in [3.8, 4) is 22.8 Å². The first-order valence-corrected chi connectivity index (χ1v) is 14.3. The highest BCUT2D eigenvalue weighted by atomic mass is 16.5. The third-order valence-electron chi connectivity index (χ3n) is 6.48. The van der Waals surface area contributed by atoms with E-state index in [0.717, 1.165) is 68.4 Å². The highest BCUT2D eigenvalue weighted by molar-refractivity contribution is 5.91. The van der Waals surface area contributed by atoms with Crippen LogP contribution in [0.5, 0.6) is 11.5 Å². The van der Waals surface area contributed by atoms with Gasteiger partial charge in [0.2, 0.25) is 0 Å². The van der Waals surface area contributed by atoms with Crippen LogP contribution in [0.15, 0.2) is 79.0 Å². The summed E-state index contributed by atoms with van der Waals surface area (Å²) in [6, 6.07) is 18.6. The Labute approximate surface area is 238 Å². The predicted molar refractivity (Wildman–Crippen MR) is 159 cm³/mol. The van der Waals surface area contributed by atoms with Crippen molar-refractivity contribution in [3.05, 3.63) is 90.1 Å². The van der Waals surface area contributed by atoms with Crippen molar-refractivity contribution in [3.63, 3.8) is 0 Å². The number of esters is 2. The van der Waals surface area contributed by atoms with E-state index in [1.807, 2.05) is 24.4 Å². The first-order valence-electron chi connectivity index (χ1n) is 14.3. The summed E-state index contributed by atoms with van der Waals surface area (Å²) in [5.41, 5.74) is 4.03. The summed E-state index contributed by atoms with van der Waals surface area (Å²) < 4.78 is 16.5. The molecule has 1 heterocycles. The van der Waals surface area contributed by atoms with Crippen LogP contribution in [0.2, 0.25) is 0 Å². The van der Waals surface area contributed by atoms with Gasteiger partial charge < -0.3 is 14.2 Å². The fraction of sp³-hybridized carbons (Fsp3) is 0.382. The molecular formula is C34H41NO5. The maximum Gasteiger partial charge on any atom is 0.343 e. The van der Waals surface area contributed by atoms with Crippen molar-refractivity contribution in [2.45, 2.75) is 71.6 Å². The molecule has 0 spiro atoms. The first kappa shape index (κ1) is 30.6. The fourth-order valence-electron chi connectivity index (χ4n) is 4.06. The number of carbonyl (C=O) groups is 2. The van der Waals surface area contributed by atoms with E-state index in [1.54, 1.807) is 43.3 Å². The number of carbonyl (C=O) groups excluding carboxylic acids is 2. The van der Waals surface area contributed by atoms with Gasteiger partial charge in [0.15, 0.2) is 0 Å². The molecule has 0 aliphatic rings. The normalized spacial score (nSPS) is 10.7. The van der Waals surface area contributed by atoms with Crippen molar-refractivity contribution in [2.24, 2.45) is 0 Å².